The maximum atomic E-state index is 11.6. The Bertz CT molecular complexity index is 685. The second-order valence-corrected chi connectivity index (χ2v) is 13.5. The van der Waals surface area contributed by atoms with E-state index in [1.807, 2.05) is 0 Å². The predicted octanol–water partition coefficient (Wildman–Crippen LogP) is 6.29. The summed E-state index contributed by atoms with van der Waals surface area (Å²) in [5, 5.41) is 33.0. The highest BCUT2D eigenvalue weighted by molar-refractivity contribution is 5.72. The molecule has 10 atom stereocenters. The third-order valence-corrected chi connectivity index (χ3v) is 10.9. The van der Waals surface area contributed by atoms with Gasteiger partial charge in [-0.2, -0.15) is 0 Å². The van der Waals surface area contributed by atoms with Gasteiger partial charge in [-0.3, -0.25) is 0 Å². The van der Waals surface area contributed by atoms with E-state index in [4.69, 9.17) is 0 Å². The van der Waals surface area contributed by atoms with Crippen molar-refractivity contribution in [1.82, 2.24) is 0 Å². The third-order valence-electron chi connectivity index (χ3n) is 10.9. The molecule has 0 amide bonds. The van der Waals surface area contributed by atoms with Crippen LogP contribution in [0.5, 0.6) is 0 Å². The lowest BCUT2D eigenvalue weighted by atomic mass is 9.43. The number of unbranched alkanes of at least 4 members (excludes halogenated alkanes) is 3. The highest BCUT2D eigenvalue weighted by Gasteiger charge is 2.63. The number of ketones is 1. The molecule has 4 aliphatic carbocycles. The van der Waals surface area contributed by atoms with Crippen LogP contribution in [0.15, 0.2) is 0 Å². The number of carbonyl (C=O) groups excluding carboxylic acids is 1. The molecule has 0 saturated heterocycles. The molecule has 198 valence electrons. The lowest BCUT2D eigenvalue weighted by Gasteiger charge is -2.62. The number of fused-ring (bicyclic) bond motifs is 5. The fourth-order valence-corrected chi connectivity index (χ4v) is 9.38. The molecule has 4 aliphatic rings. The van der Waals surface area contributed by atoms with Crippen LogP contribution in [0.1, 0.15) is 125 Å². The Labute approximate surface area is 209 Å². The molecule has 3 N–H and O–H groups in total. The summed E-state index contributed by atoms with van der Waals surface area (Å²) in [7, 11) is 0. The van der Waals surface area contributed by atoms with Crippen molar-refractivity contribution in [2.75, 3.05) is 0 Å². The first kappa shape index (κ1) is 28.1. The van der Waals surface area contributed by atoms with Gasteiger partial charge in [0, 0.05) is 0 Å². The summed E-state index contributed by atoms with van der Waals surface area (Å²) in [5.41, 5.74) is -0.158. The molecule has 4 fully saturated rings. The van der Waals surface area contributed by atoms with Crippen LogP contribution in [0.25, 0.3) is 0 Å². The summed E-state index contributed by atoms with van der Waals surface area (Å²) >= 11 is 0. The Morgan fingerprint density at radius 3 is 2.15 bits per heavy atom. The van der Waals surface area contributed by atoms with Gasteiger partial charge in [-0.15, -0.1) is 0 Å². The van der Waals surface area contributed by atoms with E-state index in [0.29, 0.717) is 23.7 Å². The van der Waals surface area contributed by atoms with Crippen molar-refractivity contribution in [3.8, 4) is 0 Å². The zero-order valence-electron chi connectivity index (χ0n) is 23.0. The van der Waals surface area contributed by atoms with Crippen molar-refractivity contribution in [1.29, 1.82) is 0 Å². The number of hydrogen-bond donors (Lipinski definition) is 3. The van der Waals surface area contributed by atoms with Gasteiger partial charge in [0.1, 0.15) is 5.78 Å². The van der Waals surface area contributed by atoms with Gasteiger partial charge in [0.2, 0.25) is 0 Å². The SMILES string of the molecule is CC(C)=O.CCCCCC[C@](C)(O)C1CC[C@H]2C3C[C@H](O)C4CC(O)CCC4(C)[C@H]3CCC12C. The van der Waals surface area contributed by atoms with Gasteiger partial charge in [0.05, 0.1) is 17.8 Å². The molecule has 0 aliphatic heterocycles. The van der Waals surface area contributed by atoms with Gasteiger partial charge in [-0.25, -0.2) is 0 Å². The Hall–Kier alpha value is -0.450. The Morgan fingerprint density at radius 1 is 0.882 bits per heavy atom. The van der Waals surface area contributed by atoms with Crippen LogP contribution in [0.4, 0.5) is 0 Å². The van der Waals surface area contributed by atoms with Crippen LogP contribution in [0.2, 0.25) is 0 Å². The minimum Gasteiger partial charge on any atom is -0.393 e. The van der Waals surface area contributed by atoms with Gasteiger partial charge < -0.3 is 20.1 Å². The van der Waals surface area contributed by atoms with E-state index in [2.05, 4.69) is 27.7 Å². The zero-order valence-corrected chi connectivity index (χ0v) is 23.0. The summed E-state index contributed by atoms with van der Waals surface area (Å²) in [6, 6.07) is 0. The first-order chi connectivity index (χ1) is 15.9. The Balaban J connectivity index is 0.000000751. The molecular weight excluding hydrogens is 424 g/mol. The van der Waals surface area contributed by atoms with Crippen molar-refractivity contribution in [2.24, 2.45) is 40.4 Å². The van der Waals surface area contributed by atoms with E-state index in [1.54, 1.807) is 0 Å². The molecular formula is C30H54O4. The average molecular weight is 479 g/mol. The van der Waals surface area contributed by atoms with Crippen LogP contribution < -0.4 is 0 Å². The van der Waals surface area contributed by atoms with Crippen molar-refractivity contribution in [3.05, 3.63) is 0 Å². The van der Waals surface area contributed by atoms with Crippen LogP contribution in [0, 0.1) is 40.4 Å². The maximum absolute atomic E-state index is 11.6. The smallest absolute Gasteiger partial charge is 0.126 e. The lowest BCUT2D eigenvalue weighted by molar-refractivity contribution is -0.179. The van der Waals surface area contributed by atoms with Crippen molar-refractivity contribution >= 4 is 5.78 Å². The molecule has 34 heavy (non-hydrogen) atoms. The van der Waals surface area contributed by atoms with Crippen LogP contribution in [-0.2, 0) is 4.79 Å². The highest BCUT2D eigenvalue weighted by atomic mass is 16.3. The molecule has 0 heterocycles. The second-order valence-electron chi connectivity index (χ2n) is 13.5. The van der Waals surface area contributed by atoms with E-state index >= 15 is 0 Å². The predicted molar refractivity (Wildman–Crippen MR) is 138 cm³/mol. The molecule has 0 aromatic carbocycles. The van der Waals surface area contributed by atoms with Crippen molar-refractivity contribution in [2.45, 2.75) is 143 Å². The van der Waals surface area contributed by atoms with Crippen LogP contribution in [0.3, 0.4) is 0 Å². The second kappa shape index (κ2) is 10.9. The normalized spacial score (nSPS) is 45.1. The number of aliphatic hydroxyl groups is 3. The lowest BCUT2D eigenvalue weighted by Crippen LogP contribution is -2.59. The largest absolute Gasteiger partial charge is 0.393 e. The third kappa shape index (κ3) is 5.44. The molecule has 0 spiro atoms. The number of carbonyl (C=O) groups is 1. The fourth-order valence-electron chi connectivity index (χ4n) is 9.38. The standard InChI is InChI=1S/C27H48O3.C3H6O/c1-5-6-7-8-13-27(4,30)24-10-9-20-19-17-23(29)22-16-18(28)11-14-25(22,2)21(19)12-15-26(20,24)3;1-3(2)4/h18-24,28-30H,5-17H2,1-4H3;1-2H3/t18?,19?,20-,21-,22?,23-,24?,25?,26?,27-;/m0./s1. The summed E-state index contributed by atoms with van der Waals surface area (Å²) in [6.07, 6.45) is 13.9. The van der Waals surface area contributed by atoms with E-state index in [9.17, 15) is 20.1 Å². The number of rotatable bonds is 6. The molecule has 4 rings (SSSR count). The van der Waals surface area contributed by atoms with Gasteiger partial charge in [0.25, 0.3) is 0 Å². The van der Waals surface area contributed by atoms with E-state index in [-0.39, 0.29) is 34.7 Å². The van der Waals surface area contributed by atoms with E-state index in [0.717, 1.165) is 44.9 Å². The first-order valence-corrected chi connectivity index (χ1v) is 14.4. The number of Topliss-reactive ketones (excluding diaryl/α,β-unsaturated/α-hetero) is 1. The van der Waals surface area contributed by atoms with E-state index < -0.39 is 5.60 Å². The Morgan fingerprint density at radius 2 is 1.50 bits per heavy atom. The van der Waals surface area contributed by atoms with E-state index in [1.165, 1.54) is 52.4 Å². The van der Waals surface area contributed by atoms with Gasteiger partial charge >= 0.3 is 0 Å². The summed E-state index contributed by atoms with van der Waals surface area (Å²) in [5.74, 6) is 2.75. The number of hydrogen-bond acceptors (Lipinski definition) is 4. The monoisotopic (exact) mass is 478 g/mol. The van der Waals surface area contributed by atoms with Crippen molar-refractivity contribution in [3.63, 3.8) is 0 Å². The van der Waals surface area contributed by atoms with Gasteiger partial charge in [0.15, 0.2) is 0 Å². The average Bonchev–Trinajstić information content (AvgIpc) is 3.11. The molecule has 4 nitrogen and oxygen atoms in total. The van der Waals surface area contributed by atoms with Crippen LogP contribution >= 0.6 is 0 Å². The molecule has 4 saturated carbocycles. The topological polar surface area (TPSA) is 77.8 Å². The quantitative estimate of drug-likeness (QED) is 0.392. The van der Waals surface area contributed by atoms with Gasteiger partial charge in [-0.05, 0) is 119 Å². The minimum atomic E-state index is -0.557. The van der Waals surface area contributed by atoms with Crippen molar-refractivity contribution < 1.29 is 20.1 Å². The maximum Gasteiger partial charge on any atom is 0.126 e. The summed E-state index contributed by atoms with van der Waals surface area (Å²) < 4.78 is 0. The molecule has 6 unspecified atom stereocenters. The minimum absolute atomic E-state index is 0.167. The summed E-state index contributed by atoms with van der Waals surface area (Å²) in [4.78, 5) is 9.44. The van der Waals surface area contributed by atoms with Crippen LogP contribution in [-0.4, -0.2) is 38.9 Å². The zero-order chi connectivity index (χ0) is 25.3. The highest BCUT2D eigenvalue weighted by Crippen LogP contribution is 2.68. The molecule has 0 bridgehead atoms. The van der Waals surface area contributed by atoms with Gasteiger partial charge in [-0.1, -0.05) is 46.5 Å². The Kier molecular flexibility index (Phi) is 9.01. The molecule has 4 heteroatoms. The first-order valence-electron chi connectivity index (χ1n) is 14.4. The molecule has 0 radical (unpaired) electrons. The fraction of sp³-hybridized carbons (Fsp3) is 0.967. The molecule has 0 aromatic rings. The molecule has 0 aromatic heterocycles. The summed E-state index contributed by atoms with van der Waals surface area (Å²) in [6.45, 7) is 12.3. The number of aliphatic hydroxyl groups excluding tert-OH is 2.